The van der Waals surface area contributed by atoms with Crippen molar-refractivity contribution in [3.8, 4) is 11.5 Å². The second-order valence-electron chi connectivity index (χ2n) is 5.79. The van der Waals surface area contributed by atoms with Gasteiger partial charge in [0.1, 0.15) is 18.0 Å². The van der Waals surface area contributed by atoms with Gasteiger partial charge in [-0.3, -0.25) is 9.59 Å². The molecule has 0 aliphatic carbocycles. The van der Waals surface area contributed by atoms with Crippen molar-refractivity contribution >= 4 is 33.5 Å². The molecule has 27 heavy (non-hydrogen) atoms. The summed E-state index contributed by atoms with van der Waals surface area (Å²) in [7, 11) is -4.06. The third-order valence-electron chi connectivity index (χ3n) is 4.07. The minimum atomic E-state index is -4.06. The normalized spacial score (nSPS) is 16.3. The highest BCUT2D eigenvalue weighted by Crippen LogP contribution is 2.40. The molecule has 2 aliphatic rings. The molecular formula is C17H12ClNO7S. The third kappa shape index (κ3) is 2.98. The van der Waals surface area contributed by atoms with Gasteiger partial charge in [-0.25, -0.2) is 12.7 Å². The molecule has 0 fully saturated rings. The standard InChI is InChI=1S/C17H12ClNO7S/c18-12-5-10(6-13-16(12)26-9-25-13)8-24-15(20)7-19-17(21)11-3-1-2-4-14(11)27(19,22)23/h1-6H,7-9H2. The van der Waals surface area contributed by atoms with E-state index in [4.69, 9.17) is 25.8 Å². The summed E-state index contributed by atoms with van der Waals surface area (Å²) >= 11 is 6.06. The van der Waals surface area contributed by atoms with Gasteiger partial charge in [0.15, 0.2) is 11.5 Å². The van der Waals surface area contributed by atoms with E-state index in [1.54, 1.807) is 18.2 Å². The topological polar surface area (TPSA) is 99.2 Å². The van der Waals surface area contributed by atoms with Crippen LogP contribution in [0.1, 0.15) is 15.9 Å². The van der Waals surface area contributed by atoms with Gasteiger partial charge in [-0.1, -0.05) is 23.7 Å². The first-order valence-electron chi connectivity index (χ1n) is 7.77. The molecule has 0 bridgehead atoms. The number of hydrogen-bond donors (Lipinski definition) is 0. The van der Waals surface area contributed by atoms with Gasteiger partial charge in [0.05, 0.1) is 10.6 Å². The summed E-state index contributed by atoms with van der Waals surface area (Å²) < 4.78 is 40.9. The quantitative estimate of drug-likeness (QED) is 0.711. The highest BCUT2D eigenvalue weighted by atomic mass is 35.5. The van der Waals surface area contributed by atoms with E-state index in [1.807, 2.05) is 0 Å². The SMILES string of the molecule is O=C(CN1C(=O)c2ccccc2S1(=O)=O)OCc1cc(Cl)c2c(c1)OCO2. The molecule has 0 saturated heterocycles. The Balaban J connectivity index is 1.45. The summed E-state index contributed by atoms with van der Waals surface area (Å²) in [6, 6.07) is 8.94. The highest BCUT2D eigenvalue weighted by molar-refractivity contribution is 7.90. The van der Waals surface area contributed by atoms with Crippen molar-refractivity contribution in [2.75, 3.05) is 13.3 Å². The smallest absolute Gasteiger partial charge is 0.327 e. The molecule has 2 heterocycles. The van der Waals surface area contributed by atoms with E-state index >= 15 is 0 Å². The molecule has 0 spiro atoms. The number of fused-ring (bicyclic) bond motifs is 2. The molecule has 0 aromatic heterocycles. The largest absolute Gasteiger partial charge is 0.459 e. The first-order chi connectivity index (χ1) is 12.9. The summed E-state index contributed by atoms with van der Waals surface area (Å²) in [6.07, 6.45) is 0. The average Bonchev–Trinajstić information content (AvgIpc) is 3.19. The first-order valence-corrected chi connectivity index (χ1v) is 9.59. The molecule has 0 saturated carbocycles. The number of rotatable bonds is 4. The van der Waals surface area contributed by atoms with Crippen LogP contribution in [0.5, 0.6) is 11.5 Å². The van der Waals surface area contributed by atoms with Crippen LogP contribution in [0.15, 0.2) is 41.3 Å². The van der Waals surface area contributed by atoms with Crippen molar-refractivity contribution in [3.63, 3.8) is 0 Å². The number of esters is 1. The lowest BCUT2D eigenvalue weighted by atomic mass is 10.2. The fourth-order valence-corrected chi connectivity index (χ4v) is 4.62. The van der Waals surface area contributed by atoms with Crippen LogP contribution in [0.25, 0.3) is 0 Å². The van der Waals surface area contributed by atoms with E-state index in [-0.39, 0.29) is 23.9 Å². The zero-order valence-electron chi connectivity index (χ0n) is 13.7. The first kappa shape index (κ1) is 17.6. The number of nitrogens with zero attached hydrogens (tertiary/aromatic N) is 1. The highest BCUT2D eigenvalue weighted by Gasteiger charge is 2.42. The maximum atomic E-state index is 12.4. The number of amides is 1. The number of hydrogen-bond acceptors (Lipinski definition) is 7. The monoisotopic (exact) mass is 409 g/mol. The van der Waals surface area contributed by atoms with Crippen molar-refractivity contribution in [2.45, 2.75) is 11.5 Å². The van der Waals surface area contributed by atoms with Crippen LogP contribution in [-0.2, 0) is 26.2 Å². The molecule has 2 aromatic carbocycles. The lowest BCUT2D eigenvalue weighted by Crippen LogP contribution is -2.35. The second kappa shape index (κ2) is 6.43. The van der Waals surface area contributed by atoms with E-state index in [1.165, 1.54) is 18.2 Å². The molecule has 0 radical (unpaired) electrons. The molecule has 2 aliphatic heterocycles. The van der Waals surface area contributed by atoms with Crippen molar-refractivity contribution in [3.05, 3.63) is 52.5 Å². The van der Waals surface area contributed by atoms with Gasteiger partial charge in [0.25, 0.3) is 15.9 Å². The Labute approximate surface area is 159 Å². The maximum absolute atomic E-state index is 12.4. The molecule has 0 atom stereocenters. The molecule has 0 unspecified atom stereocenters. The van der Waals surface area contributed by atoms with E-state index in [9.17, 15) is 18.0 Å². The Morgan fingerprint density at radius 1 is 1.22 bits per heavy atom. The molecule has 1 amide bonds. The number of sulfonamides is 1. The zero-order chi connectivity index (χ0) is 19.2. The van der Waals surface area contributed by atoms with Crippen LogP contribution >= 0.6 is 11.6 Å². The van der Waals surface area contributed by atoms with Gasteiger partial charge in [0.2, 0.25) is 6.79 Å². The molecule has 8 nitrogen and oxygen atoms in total. The van der Waals surface area contributed by atoms with E-state index < -0.39 is 28.4 Å². The van der Waals surface area contributed by atoms with Crippen molar-refractivity contribution < 1.29 is 32.2 Å². The van der Waals surface area contributed by atoms with Gasteiger partial charge < -0.3 is 14.2 Å². The summed E-state index contributed by atoms with van der Waals surface area (Å²) in [6.45, 7) is -0.827. The predicted molar refractivity (Wildman–Crippen MR) is 92.0 cm³/mol. The summed E-state index contributed by atoms with van der Waals surface area (Å²) in [5, 5.41) is 0.309. The zero-order valence-corrected chi connectivity index (χ0v) is 15.2. The summed E-state index contributed by atoms with van der Waals surface area (Å²) in [4.78, 5) is 24.3. The number of benzene rings is 2. The number of carbonyl (C=O) groups excluding carboxylic acids is 2. The van der Waals surface area contributed by atoms with E-state index in [2.05, 4.69) is 0 Å². The van der Waals surface area contributed by atoms with Crippen molar-refractivity contribution in [1.82, 2.24) is 4.31 Å². The molecule has 0 N–H and O–H groups in total. The van der Waals surface area contributed by atoms with E-state index in [0.717, 1.165) is 0 Å². The molecule has 2 aromatic rings. The molecule has 4 rings (SSSR count). The van der Waals surface area contributed by atoms with Crippen LogP contribution < -0.4 is 9.47 Å². The minimum absolute atomic E-state index is 0.0350. The number of carbonyl (C=O) groups is 2. The van der Waals surface area contributed by atoms with Crippen molar-refractivity contribution in [2.24, 2.45) is 0 Å². The Hall–Kier alpha value is -2.78. The maximum Gasteiger partial charge on any atom is 0.327 e. The van der Waals surface area contributed by atoms with Gasteiger partial charge in [-0.2, -0.15) is 0 Å². The Morgan fingerprint density at radius 3 is 2.78 bits per heavy atom. The van der Waals surface area contributed by atoms with Gasteiger partial charge >= 0.3 is 5.97 Å². The number of ether oxygens (including phenoxy) is 3. The third-order valence-corrected chi connectivity index (χ3v) is 6.14. The second-order valence-corrected chi connectivity index (χ2v) is 8.02. The number of halogens is 1. The van der Waals surface area contributed by atoms with Crippen LogP contribution in [-0.4, -0.2) is 37.9 Å². The Morgan fingerprint density at radius 2 is 2.00 bits per heavy atom. The van der Waals surface area contributed by atoms with Gasteiger partial charge in [-0.15, -0.1) is 0 Å². The molecule has 10 heteroatoms. The lowest BCUT2D eigenvalue weighted by molar-refractivity contribution is -0.144. The predicted octanol–water partition coefficient (Wildman–Crippen LogP) is 1.96. The fraction of sp³-hybridized carbons (Fsp3) is 0.176. The molecule has 140 valence electrons. The Kier molecular flexibility index (Phi) is 4.20. The van der Waals surface area contributed by atoms with Gasteiger partial charge in [-0.05, 0) is 29.8 Å². The lowest BCUT2D eigenvalue weighted by Gasteiger charge is -2.14. The Bertz CT molecular complexity index is 1070. The van der Waals surface area contributed by atoms with Crippen molar-refractivity contribution in [1.29, 1.82) is 0 Å². The van der Waals surface area contributed by atoms with Gasteiger partial charge in [0, 0.05) is 0 Å². The minimum Gasteiger partial charge on any atom is -0.459 e. The summed E-state index contributed by atoms with van der Waals surface area (Å²) in [5.74, 6) is -0.776. The fourth-order valence-electron chi connectivity index (χ4n) is 2.82. The van der Waals surface area contributed by atoms with Crippen LogP contribution in [0, 0.1) is 0 Å². The van der Waals surface area contributed by atoms with Crippen LogP contribution in [0.3, 0.4) is 0 Å². The van der Waals surface area contributed by atoms with Crippen LogP contribution in [0.4, 0.5) is 0 Å². The van der Waals surface area contributed by atoms with E-state index in [0.29, 0.717) is 26.4 Å². The van der Waals surface area contributed by atoms with Crippen LogP contribution in [0.2, 0.25) is 5.02 Å². The summed E-state index contributed by atoms with van der Waals surface area (Å²) in [5.41, 5.74) is 0.573. The average molecular weight is 410 g/mol. The molecular weight excluding hydrogens is 398 g/mol.